The van der Waals surface area contributed by atoms with Crippen molar-refractivity contribution in [2.45, 2.75) is 6.18 Å². The normalized spacial score (nSPS) is 11.4. The Morgan fingerprint density at radius 3 is 2.56 bits per heavy atom. The zero-order chi connectivity index (χ0) is 12.5. The summed E-state index contributed by atoms with van der Waals surface area (Å²) in [7, 11) is 0.975. The van der Waals surface area contributed by atoms with Gasteiger partial charge in [-0.15, -0.1) is 0 Å². The van der Waals surface area contributed by atoms with Gasteiger partial charge in [-0.05, 0) is 15.9 Å². The van der Waals surface area contributed by atoms with E-state index >= 15 is 0 Å². The van der Waals surface area contributed by atoms with Gasteiger partial charge >= 0.3 is 12.1 Å². The molecule has 3 nitrogen and oxygen atoms in total. The van der Waals surface area contributed by atoms with E-state index in [1.165, 1.54) is 0 Å². The monoisotopic (exact) mass is 317 g/mol. The number of hydrogen-bond acceptors (Lipinski definition) is 3. The first-order chi connectivity index (χ1) is 7.29. The lowest BCUT2D eigenvalue weighted by atomic mass is 10.1. The summed E-state index contributed by atoms with van der Waals surface area (Å²) in [6, 6.07) is 0. The summed E-state index contributed by atoms with van der Waals surface area (Å²) in [6.45, 7) is 0. The molecule has 0 aliphatic heterocycles. The van der Waals surface area contributed by atoms with E-state index in [1.807, 2.05) is 0 Å². The van der Waals surface area contributed by atoms with E-state index in [2.05, 4.69) is 25.7 Å². The molecule has 88 valence electrons. The molecule has 8 heteroatoms. The Labute approximate surface area is 102 Å². The molecule has 0 aliphatic rings. The van der Waals surface area contributed by atoms with Crippen LogP contribution in [0.4, 0.5) is 13.2 Å². The van der Waals surface area contributed by atoms with E-state index in [0.29, 0.717) is 6.20 Å². The van der Waals surface area contributed by atoms with Gasteiger partial charge in [-0.25, -0.2) is 9.78 Å². The maximum absolute atomic E-state index is 12.5. The quantitative estimate of drug-likeness (QED) is 0.589. The van der Waals surface area contributed by atoms with Crippen molar-refractivity contribution in [2.75, 3.05) is 7.11 Å². The molecule has 0 aromatic carbocycles. The summed E-state index contributed by atoms with van der Waals surface area (Å²) in [5.41, 5.74) is -1.88. The summed E-state index contributed by atoms with van der Waals surface area (Å²) in [5.74, 6) is -1.14. The fourth-order valence-electron chi connectivity index (χ4n) is 0.980. The van der Waals surface area contributed by atoms with Gasteiger partial charge in [0.15, 0.2) is 0 Å². The van der Waals surface area contributed by atoms with Crippen LogP contribution in [0.1, 0.15) is 15.9 Å². The van der Waals surface area contributed by atoms with E-state index in [-0.39, 0.29) is 9.63 Å². The lowest BCUT2D eigenvalue weighted by Gasteiger charge is -2.12. The zero-order valence-corrected chi connectivity index (χ0v) is 10.1. The number of rotatable bonds is 1. The van der Waals surface area contributed by atoms with Crippen LogP contribution in [0.15, 0.2) is 10.7 Å². The highest BCUT2D eigenvalue weighted by atomic mass is 79.9. The molecule has 1 aromatic rings. The number of alkyl halides is 3. The molecule has 0 bridgehead atoms. The molecule has 0 amide bonds. The van der Waals surface area contributed by atoms with Crippen molar-refractivity contribution in [3.05, 3.63) is 26.9 Å². The number of hydrogen-bond donors (Lipinski definition) is 0. The molecule has 0 N–H and O–H groups in total. The molecule has 0 aliphatic carbocycles. The first-order valence-electron chi connectivity index (χ1n) is 3.78. The molecule has 0 atom stereocenters. The third-order valence-electron chi connectivity index (χ3n) is 1.67. The molecule has 1 aromatic heterocycles. The highest BCUT2D eigenvalue weighted by Gasteiger charge is 2.38. The van der Waals surface area contributed by atoms with E-state index in [1.54, 1.807) is 0 Å². The lowest BCUT2D eigenvalue weighted by Crippen LogP contribution is -2.15. The Kier molecular flexibility index (Phi) is 3.80. The van der Waals surface area contributed by atoms with Crippen molar-refractivity contribution in [3.63, 3.8) is 0 Å². The fraction of sp³-hybridized carbons (Fsp3) is 0.250. The van der Waals surface area contributed by atoms with Gasteiger partial charge in [0.2, 0.25) is 0 Å². The fourth-order valence-corrected chi connectivity index (χ4v) is 1.60. The zero-order valence-electron chi connectivity index (χ0n) is 7.73. The second-order valence-electron chi connectivity index (χ2n) is 2.64. The van der Waals surface area contributed by atoms with E-state index in [4.69, 9.17) is 11.6 Å². The topological polar surface area (TPSA) is 39.2 Å². The Balaban J connectivity index is 3.51. The lowest BCUT2D eigenvalue weighted by molar-refractivity contribution is -0.138. The molecule has 0 fully saturated rings. The van der Waals surface area contributed by atoms with Crippen LogP contribution in [0.2, 0.25) is 5.15 Å². The number of methoxy groups -OCH3 is 1. The Morgan fingerprint density at radius 2 is 2.12 bits per heavy atom. The number of carbonyl (C=O) groups is 1. The van der Waals surface area contributed by atoms with Crippen LogP contribution in [0.25, 0.3) is 0 Å². The molecule has 0 saturated carbocycles. The van der Waals surface area contributed by atoms with Crippen molar-refractivity contribution < 1.29 is 22.7 Å². The summed E-state index contributed by atoms with van der Waals surface area (Å²) in [5, 5.41) is -0.242. The van der Waals surface area contributed by atoms with Crippen molar-refractivity contribution in [1.29, 1.82) is 0 Å². The number of ether oxygens (including phenoxy) is 1. The van der Waals surface area contributed by atoms with E-state index in [9.17, 15) is 18.0 Å². The number of aromatic nitrogens is 1. The molecule has 0 spiro atoms. The second kappa shape index (κ2) is 4.58. The highest BCUT2D eigenvalue weighted by molar-refractivity contribution is 9.10. The predicted octanol–water partition coefficient (Wildman–Crippen LogP) is 3.30. The van der Waals surface area contributed by atoms with Crippen LogP contribution in [-0.4, -0.2) is 18.1 Å². The number of nitrogens with zero attached hydrogens (tertiary/aromatic N) is 1. The largest absolute Gasteiger partial charge is 0.465 e. The first-order valence-corrected chi connectivity index (χ1v) is 4.95. The molecular weight excluding hydrogens is 314 g/mol. The summed E-state index contributed by atoms with van der Waals surface area (Å²) in [6.07, 6.45) is -4.22. The van der Waals surface area contributed by atoms with Gasteiger partial charge in [0.05, 0.1) is 22.7 Å². The summed E-state index contributed by atoms with van der Waals surface area (Å²) < 4.78 is 41.6. The number of halogens is 5. The second-order valence-corrected chi connectivity index (χ2v) is 3.79. The average molecular weight is 318 g/mol. The number of carbonyl (C=O) groups excluding carboxylic acids is 1. The Hall–Kier alpha value is -0.820. The van der Waals surface area contributed by atoms with Crippen LogP contribution < -0.4 is 0 Å². The minimum Gasteiger partial charge on any atom is -0.465 e. The smallest absolute Gasteiger partial charge is 0.418 e. The number of pyridine rings is 1. The third-order valence-corrected chi connectivity index (χ3v) is 2.96. The molecule has 1 heterocycles. The van der Waals surface area contributed by atoms with Crippen LogP contribution in [-0.2, 0) is 10.9 Å². The molecule has 16 heavy (non-hydrogen) atoms. The summed E-state index contributed by atoms with van der Waals surface area (Å²) in [4.78, 5) is 14.5. The van der Waals surface area contributed by atoms with Crippen molar-refractivity contribution in [1.82, 2.24) is 4.98 Å². The predicted molar refractivity (Wildman–Crippen MR) is 53.3 cm³/mol. The van der Waals surface area contributed by atoms with Crippen LogP contribution in [0.3, 0.4) is 0 Å². The molecular formula is C8H4BrClF3NO2. The molecule has 0 saturated heterocycles. The third kappa shape index (κ3) is 2.46. The van der Waals surface area contributed by atoms with Gasteiger partial charge < -0.3 is 4.74 Å². The Bertz CT molecular complexity index is 436. The van der Waals surface area contributed by atoms with Crippen molar-refractivity contribution in [3.8, 4) is 0 Å². The maximum atomic E-state index is 12.5. The van der Waals surface area contributed by atoms with Gasteiger partial charge in [0.25, 0.3) is 0 Å². The SMILES string of the molecule is COC(=O)c1c(C(F)(F)F)cnc(Cl)c1Br. The van der Waals surface area contributed by atoms with Crippen molar-refractivity contribution >= 4 is 33.5 Å². The Morgan fingerprint density at radius 1 is 1.56 bits per heavy atom. The highest BCUT2D eigenvalue weighted by Crippen LogP contribution is 2.37. The van der Waals surface area contributed by atoms with Gasteiger partial charge in [0, 0.05) is 6.20 Å². The van der Waals surface area contributed by atoms with E-state index < -0.39 is 23.3 Å². The average Bonchev–Trinajstić information content (AvgIpc) is 2.19. The molecule has 1 rings (SSSR count). The minimum absolute atomic E-state index is 0.240. The van der Waals surface area contributed by atoms with Crippen LogP contribution >= 0.6 is 27.5 Å². The molecule has 0 radical (unpaired) electrons. The van der Waals surface area contributed by atoms with Crippen LogP contribution in [0, 0.1) is 0 Å². The number of esters is 1. The van der Waals surface area contributed by atoms with Crippen molar-refractivity contribution in [2.24, 2.45) is 0 Å². The standard InChI is InChI=1S/C8H4BrClF3NO2/c1-16-7(15)4-3(8(11,12)13)2-14-6(10)5(4)9/h2H,1H3. The first kappa shape index (κ1) is 13.2. The van der Waals surface area contributed by atoms with Gasteiger partial charge in [-0.2, -0.15) is 13.2 Å². The van der Waals surface area contributed by atoms with Gasteiger partial charge in [-0.3, -0.25) is 0 Å². The molecule has 0 unspecified atom stereocenters. The maximum Gasteiger partial charge on any atom is 0.418 e. The van der Waals surface area contributed by atoms with Crippen LogP contribution in [0.5, 0.6) is 0 Å². The summed E-state index contributed by atoms with van der Waals surface area (Å²) >= 11 is 8.27. The van der Waals surface area contributed by atoms with E-state index in [0.717, 1.165) is 7.11 Å². The minimum atomic E-state index is -4.70. The van der Waals surface area contributed by atoms with Gasteiger partial charge in [0.1, 0.15) is 5.15 Å². The van der Waals surface area contributed by atoms with Gasteiger partial charge in [-0.1, -0.05) is 11.6 Å².